The number of carbonyl (C=O) groups is 1. The summed E-state index contributed by atoms with van der Waals surface area (Å²) in [4.78, 5) is 15.1. The second-order valence-electron chi connectivity index (χ2n) is 2.59. The van der Waals surface area contributed by atoms with Crippen molar-refractivity contribution in [2.45, 2.75) is 20.3 Å². The van der Waals surface area contributed by atoms with E-state index in [2.05, 4.69) is 31.1 Å². The first-order chi connectivity index (χ1) is 6.63. The smallest absolute Gasteiger partial charge is 0.313 e. The molecule has 0 spiro atoms. The number of rotatable bonds is 3. The van der Waals surface area contributed by atoms with Crippen LogP contribution < -0.4 is 0 Å². The van der Waals surface area contributed by atoms with Crippen molar-refractivity contribution in [3.63, 3.8) is 0 Å². The van der Waals surface area contributed by atoms with E-state index >= 15 is 0 Å². The molecule has 5 nitrogen and oxygen atoms in total. The van der Waals surface area contributed by atoms with Crippen molar-refractivity contribution >= 4 is 21.9 Å². The molecule has 1 heterocycles. The summed E-state index contributed by atoms with van der Waals surface area (Å²) in [5.41, 5.74) is 0.708. The van der Waals surface area contributed by atoms with Crippen LogP contribution in [-0.2, 0) is 16.0 Å². The molecule has 6 heteroatoms. The highest BCUT2D eigenvalue weighted by Gasteiger charge is 2.08. The lowest BCUT2D eigenvalue weighted by Gasteiger charge is -2.01. The summed E-state index contributed by atoms with van der Waals surface area (Å²) in [5.74, 6) is 0.0418. The number of aryl methyl sites for hydroxylation is 1. The number of halogens is 1. The highest BCUT2D eigenvalue weighted by Crippen LogP contribution is 2.08. The fraction of sp³-hybridized carbons (Fsp3) is 0.500. The van der Waals surface area contributed by atoms with Crippen LogP contribution in [-0.4, -0.2) is 27.8 Å². The van der Waals surface area contributed by atoms with Crippen molar-refractivity contribution < 1.29 is 9.53 Å². The molecule has 1 rings (SSSR count). The summed E-state index contributed by atoms with van der Waals surface area (Å²) in [6.07, 6.45) is 0.0644. The molecule has 0 aromatic carbocycles. The molecule has 0 saturated heterocycles. The largest absolute Gasteiger partial charge is 0.466 e. The second-order valence-corrected chi connectivity index (χ2v) is 3.34. The van der Waals surface area contributed by atoms with Crippen LogP contribution >= 0.6 is 15.9 Å². The molecule has 14 heavy (non-hydrogen) atoms. The van der Waals surface area contributed by atoms with Crippen LogP contribution in [0.2, 0.25) is 0 Å². The van der Waals surface area contributed by atoms with E-state index in [9.17, 15) is 4.79 Å². The number of esters is 1. The highest BCUT2D eigenvalue weighted by molar-refractivity contribution is 9.10. The Morgan fingerprint density at radius 1 is 1.50 bits per heavy atom. The molecule has 0 atom stereocenters. The van der Waals surface area contributed by atoms with Crippen LogP contribution in [0.4, 0.5) is 0 Å². The van der Waals surface area contributed by atoms with Gasteiger partial charge in [0.15, 0.2) is 5.82 Å². The van der Waals surface area contributed by atoms with Gasteiger partial charge < -0.3 is 4.74 Å². The molecule has 76 valence electrons. The number of carbonyl (C=O) groups excluding carboxylic acids is 1. The van der Waals surface area contributed by atoms with Gasteiger partial charge in [0.2, 0.25) is 0 Å². The van der Waals surface area contributed by atoms with Gasteiger partial charge in [-0.25, -0.2) is 4.98 Å². The molecule has 0 aliphatic carbocycles. The Labute approximate surface area is 90.0 Å². The van der Waals surface area contributed by atoms with Gasteiger partial charge >= 0.3 is 5.97 Å². The van der Waals surface area contributed by atoms with Gasteiger partial charge in [-0.05, 0) is 29.8 Å². The van der Waals surface area contributed by atoms with Crippen LogP contribution in [0.15, 0.2) is 4.60 Å². The van der Waals surface area contributed by atoms with Crippen molar-refractivity contribution in [2.24, 2.45) is 0 Å². The third-order valence-electron chi connectivity index (χ3n) is 1.46. The zero-order chi connectivity index (χ0) is 10.6. The number of hydrogen-bond donors (Lipinski definition) is 0. The zero-order valence-corrected chi connectivity index (χ0v) is 9.54. The van der Waals surface area contributed by atoms with E-state index in [1.54, 1.807) is 13.8 Å². The maximum absolute atomic E-state index is 11.1. The van der Waals surface area contributed by atoms with E-state index < -0.39 is 0 Å². The van der Waals surface area contributed by atoms with Gasteiger partial charge in [0.25, 0.3) is 0 Å². The lowest BCUT2D eigenvalue weighted by molar-refractivity contribution is -0.142. The van der Waals surface area contributed by atoms with Crippen LogP contribution in [0.25, 0.3) is 0 Å². The lowest BCUT2D eigenvalue weighted by atomic mass is 10.4. The van der Waals surface area contributed by atoms with Crippen molar-refractivity contribution in [1.82, 2.24) is 15.2 Å². The van der Waals surface area contributed by atoms with Gasteiger partial charge in [-0.1, -0.05) is 0 Å². The molecular weight excluding hydrogens is 250 g/mol. The molecule has 0 N–H and O–H groups in total. The van der Waals surface area contributed by atoms with Crippen molar-refractivity contribution in [3.8, 4) is 0 Å². The minimum absolute atomic E-state index is 0.0644. The van der Waals surface area contributed by atoms with Gasteiger partial charge in [0.05, 0.1) is 12.3 Å². The Balaban J connectivity index is 2.68. The summed E-state index contributed by atoms with van der Waals surface area (Å²) in [5, 5.41) is 7.54. The fourth-order valence-corrected chi connectivity index (χ4v) is 1.02. The first-order valence-corrected chi connectivity index (χ1v) is 4.94. The summed E-state index contributed by atoms with van der Waals surface area (Å²) >= 11 is 3.17. The molecule has 0 saturated carbocycles. The standard InChI is InChI=1S/C8H10BrN3O2/c1-3-14-7(13)4-6-10-5(2)8(9)12-11-6/h3-4H2,1-2H3. The Kier molecular flexibility index (Phi) is 3.94. The fourth-order valence-electron chi connectivity index (χ4n) is 0.852. The van der Waals surface area contributed by atoms with E-state index in [-0.39, 0.29) is 12.4 Å². The van der Waals surface area contributed by atoms with E-state index in [4.69, 9.17) is 4.74 Å². The summed E-state index contributed by atoms with van der Waals surface area (Å²) in [6, 6.07) is 0. The first kappa shape index (κ1) is 11.0. The Morgan fingerprint density at radius 3 is 2.79 bits per heavy atom. The monoisotopic (exact) mass is 259 g/mol. The topological polar surface area (TPSA) is 65.0 Å². The molecule has 0 aliphatic heterocycles. The van der Waals surface area contributed by atoms with Gasteiger partial charge in [0, 0.05) is 0 Å². The third-order valence-corrected chi connectivity index (χ3v) is 2.19. The van der Waals surface area contributed by atoms with Crippen molar-refractivity contribution in [1.29, 1.82) is 0 Å². The van der Waals surface area contributed by atoms with Crippen LogP contribution in [0, 0.1) is 6.92 Å². The van der Waals surface area contributed by atoms with Crippen LogP contribution in [0.5, 0.6) is 0 Å². The van der Waals surface area contributed by atoms with Gasteiger partial charge in [-0.3, -0.25) is 4.79 Å². The van der Waals surface area contributed by atoms with Crippen molar-refractivity contribution in [3.05, 3.63) is 16.1 Å². The third kappa shape index (κ3) is 3.02. The molecule has 1 aromatic rings. The molecule has 0 amide bonds. The number of ether oxygens (including phenoxy) is 1. The van der Waals surface area contributed by atoms with E-state index in [1.807, 2.05) is 0 Å². The number of hydrogen-bond acceptors (Lipinski definition) is 5. The lowest BCUT2D eigenvalue weighted by Crippen LogP contribution is -2.11. The molecule has 0 bridgehead atoms. The van der Waals surface area contributed by atoms with Crippen molar-refractivity contribution in [2.75, 3.05) is 6.61 Å². The Morgan fingerprint density at radius 2 is 2.21 bits per heavy atom. The summed E-state index contributed by atoms with van der Waals surface area (Å²) < 4.78 is 5.35. The quantitative estimate of drug-likeness (QED) is 0.760. The van der Waals surface area contributed by atoms with Gasteiger partial charge in [-0.15, -0.1) is 10.2 Å². The maximum Gasteiger partial charge on any atom is 0.313 e. The second kappa shape index (κ2) is 4.99. The van der Waals surface area contributed by atoms with E-state index in [0.29, 0.717) is 22.7 Å². The molecule has 0 fully saturated rings. The first-order valence-electron chi connectivity index (χ1n) is 4.14. The van der Waals surface area contributed by atoms with Gasteiger partial charge in [0.1, 0.15) is 11.0 Å². The highest BCUT2D eigenvalue weighted by atomic mass is 79.9. The average Bonchev–Trinajstić information content (AvgIpc) is 2.12. The Bertz CT molecular complexity index is 343. The molecule has 0 aliphatic rings. The normalized spacial score (nSPS) is 9.93. The minimum Gasteiger partial charge on any atom is -0.466 e. The number of nitrogens with zero attached hydrogens (tertiary/aromatic N) is 3. The molecule has 0 radical (unpaired) electrons. The maximum atomic E-state index is 11.1. The Hall–Kier alpha value is -1.04. The van der Waals surface area contributed by atoms with E-state index in [0.717, 1.165) is 0 Å². The van der Waals surface area contributed by atoms with Gasteiger partial charge in [-0.2, -0.15) is 0 Å². The van der Waals surface area contributed by atoms with Crippen LogP contribution in [0.3, 0.4) is 0 Å². The molecule has 1 aromatic heterocycles. The molecular formula is C8H10BrN3O2. The van der Waals surface area contributed by atoms with Crippen LogP contribution in [0.1, 0.15) is 18.4 Å². The molecule has 0 unspecified atom stereocenters. The van der Waals surface area contributed by atoms with E-state index in [1.165, 1.54) is 0 Å². The summed E-state index contributed by atoms with van der Waals surface area (Å²) in [6.45, 7) is 3.90. The predicted octanol–water partition coefficient (Wildman–Crippen LogP) is 1.05. The predicted molar refractivity (Wildman–Crippen MR) is 52.6 cm³/mol. The number of aromatic nitrogens is 3. The zero-order valence-electron chi connectivity index (χ0n) is 7.95. The summed E-state index contributed by atoms with van der Waals surface area (Å²) in [7, 11) is 0. The minimum atomic E-state index is -0.337. The average molecular weight is 260 g/mol. The SMILES string of the molecule is CCOC(=O)Cc1nnc(Br)c(C)n1.